The van der Waals surface area contributed by atoms with Crippen LogP contribution in [-0.4, -0.2) is 79.2 Å². The minimum Gasteiger partial charge on any atom is -0.443 e. The highest BCUT2D eigenvalue weighted by Crippen LogP contribution is 2.46. The molecule has 0 bridgehead atoms. The van der Waals surface area contributed by atoms with E-state index in [1.54, 1.807) is 0 Å². The molecule has 0 aliphatic carbocycles. The summed E-state index contributed by atoms with van der Waals surface area (Å²) < 4.78 is 72.2. The van der Waals surface area contributed by atoms with Gasteiger partial charge in [-0.1, -0.05) is 0 Å². The molecule has 1 saturated heterocycles. The fourth-order valence-corrected chi connectivity index (χ4v) is 3.72. The molecule has 2 heterocycles. The quantitative estimate of drug-likeness (QED) is 0.257. The van der Waals surface area contributed by atoms with Gasteiger partial charge >= 0.3 is 37.8 Å². The Bertz CT molecular complexity index is 1280. The molecule has 1 aromatic heterocycles. The number of amides is 2. The van der Waals surface area contributed by atoms with Gasteiger partial charge in [0.05, 0.1) is 6.61 Å². The van der Waals surface area contributed by atoms with Crippen LogP contribution in [0.15, 0.2) is 17.1 Å². The molecular weight excluding hydrogens is 607 g/mol. The first-order chi connectivity index (χ1) is 19.2. The van der Waals surface area contributed by atoms with Crippen molar-refractivity contribution in [1.82, 2.24) is 9.55 Å². The van der Waals surface area contributed by atoms with Gasteiger partial charge in [-0.15, -0.1) is 0 Å². The largest absolute Gasteiger partial charge is 0.509 e. The molecule has 1 fully saturated rings. The second-order valence-electron chi connectivity index (χ2n) is 12.3. The Kier molecular flexibility index (Phi) is 10.4. The van der Waals surface area contributed by atoms with Crippen LogP contribution in [0.25, 0.3) is 0 Å². The average Bonchev–Trinajstić information content (AvgIpc) is 2.98. The summed E-state index contributed by atoms with van der Waals surface area (Å²) in [5.74, 6) is -4.88. The molecule has 0 aromatic carbocycles. The molecule has 19 heteroatoms. The third-order valence-corrected chi connectivity index (χ3v) is 5.30. The normalized spacial score (nSPS) is 20.7. The predicted octanol–water partition coefficient (Wildman–Crippen LogP) is 3.88. The van der Waals surface area contributed by atoms with Crippen LogP contribution in [-0.2, 0) is 32.8 Å². The van der Waals surface area contributed by atoms with E-state index in [1.165, 1.54) is 62.3 Å². The fraction of sp³-hybridized carbons (Fsp3) is 0.708. The lowest BCUT2D eigenvalue weighted by atomic mass is 10.1. The number of phosphoric acid groups is 1. The molecule has 2 amide bonds. The fourth-order valence-electron chi connectivity index (χ4n) is 3.38. The van der Waals surface area contributed by atoms with Crippen LogP contribution in [0.2, 0.25) is 0 Å². The summed E-state index contributed by atoms with van der Waals surface area (Å²) >= 11 is 0. The van der Waals surface area contributed by atoms with Gasteiger partial charge in [-0.25, -0.2) is 23.7 Å². The molecule has 16 nitrogen and oxygen atoms in total. The number of hydrogen-bond acceptors (Lipinski definition) is 12. The van der Waals surface area contributed by atoms with E-state index in [4.69, 9.17) is 33.5 Å². The number of hydrogen-bond donors (Lipinski definition) is 2. The third-order valence-electron chi connectivity index (χ3n) is 4.82. The lowest BCUT2D eigenvalue weighted by Crippen LogP contribution is -2.46. The summed E-state index contributed by atoms with van der Waals surface area (Å²) in [6.07, 6.45) is -10.5. The topological polar surface area (TPSA) is 202 Å². The van der Waals surface area contributed by atoms with E-state index in [0.29, 0.717) is 11.1 Å². The van der Waals surface area contributed by atoms with Crippen LogP contribution >= 0.6 is 7.82 Å². The standard InChI is InChI=1S/C24H36F2N3O13P/c1-21(2,3)40-18(31)29(19(32)41-22(4,5)6)14-10-11-28(17(30)27-14)16-24(25,26)15(39-20(33)42-23(7,8)9)13(38-16)12-37-43(34,35)36/h10-11,13,15-16H,12H2,1-9H3,(H2,34,35,36)/t13-,15-,16-/m1/s1. The molecule has 2 N–H and O–H groups in total. The molecule has 1 aliphatic heterocycles. The first-order valence-electron chi connectivity index (χ1n) is 12.7. The van der Waals surface area contributed by atoms with Gasteiger partial charge in [0.25, 0.3) is 0 Å². The number of anilines is 1. The second-order valence-corrected chi connectivity index (χ2v) is 13.5. The van der Waals surface area contributed by atoms with Crippen LogP contribution in [0.5, 0.6) is 0 Å². The molecule has 0 unspecified atom stereocenters. The predicted molar refractivity (Wildman–Crippen MR) is 141 cm³/mol. The number of ether oxygens (including phenoxy) is 5. The van der Waals surface area contributed by atoms with Crippen molar-refractivity contribution in [1.29, 1.82) is 0 Å². The maximum Gasteiger partial charge on any atom is 0.509 e. The second kappa shape index (κ2) is 12.4. The highest BCUT2D eigenvalue weighted by atomic mass is 31.2. The van der Waals surface area contributed by atoms with Crippen molar-refractivity contribution in [3.8, 4) is 0 Å². The summed E-state index contributed by atoms with van der Waals surface area (Å²) in [6.45, 7) is 12.1. The van der Waals surface area contributed by atoms with Crippen molar-refractivity contribution < 1.29 is 65.7 Å². The molecule has 244 valence electrons. The van der Waals surface area contributed by atoms with Crippen molar-refractivity contribution in [3.05, 3.63) is 22.7 Å². The molecule has 2 rings (SSSR count). The summed E-state index contributed by atoms with van der Waals surface area (Å²) in [7, 11) is -5.19. The van der Waals surface area contributed by atoms with E-state index in [0.717, 1.165) is 6.07 Å². The van der Waals surface area contributed by atoms with Gasteiger partial charge in [-0.3, -0.25) is 9.09 Å². The number of carbonyl (C=O) groups excluding carboxylic acids is 3. The average molecular weight is 644 g/mol. The lowest BCUT2D eigenvalue weighted by Gasteiger charge is -2.28. The van der Waals surface area contributed by atoms with Crippen molar-refractivity contribution >= 4 is 32.0 Å². The van der Waals surface area contributed by atoms with Gasteiger partial charge in [-0.2, -0.15) is 18.7 Å². The summed E-state index contributed by atoms with van der Waals surface area (Å²) in [5.41, 5.74) is -4.82. The van der Waals surface area contributed by atoms with E-state index in [2.05, 4.69) is 9.51 Å². The number of alkyl halides is 2. The Balaban J connectivity index is 2.52. The summed E-state index contributed by atoms with van der Waals surface area (Å²) in [4.78, 5) is 72.8. The van der Waals surface area contributed by atoms with Crippen LogP contribution in [0.4, 0.5) is 29.0 Å². The zero-order valence-electron chi connectivity index (χ0n) is 25.0. The molecular formula is C24H36F2N3O13P. The first kappa shape index (κ1) is 36.0. The van der Waals surface area contributed by atoms with E-state index < -0.39 is 85.4 Å². The Hall–Kier alpha value is -3.18. The minimum atomic E-state index is -5.19. The maximum atomic E-state index is 15.6. The van der Waals surface area contributed by atoms with Crippen molar-refractivity contribution in [3.63, 3.8) is 0 Å². The Morgan fingerprint density at radius 1 is 1.00 bits per heavy atom. The molecule has 1 aromatic rings. The lowest BCUT2D eigenvalue weighted by molar-refractivity contribution is -0.149. The molecule has 0 radical (unpaired) electrons. The number of aromatic nitrogens is 2. The van der Waals surface area contributed by atoms with Gasteiger partial charge in [0.2, 0.25) is 12.3 Å². The molecule has 1 aliphatic rings. The van der Waals surface area contributed by atoms with Gasteiger partial charge in [0, 0.05) is 6.20 Å². The van der Waals surface area contributed by atoms with E-state index in [-0.39, 0.29) is 4.57 Å². The van der Waals surface area contributed by atoms with Crippen LogP contribution < -0.4 is 10.6 Å². The highest BCUT2D eigenvalue weighted by molar-refractivity contribution is 7.46. The smallest absolute Gasteiger partial charge is 0.443 e. The minimum absolute atomic E-state index is 0.259. The van der Waals surface area contributed by atoms with Crippen LogP contribution in [0.1, 0.15) is 68.5 Å². The number of rotatable bonds is 6. The number of halogens is 2. The van der Waals surface area contributed by atoms with Crippen molar-refractivity contribution in [2.45, 2.75) is 103 Å². The summed E-state index contributed by atoms with van der Waals surface area (Å²) in [5, 5.41) is 0. The van der Waals surface area contributed by atoms with Gasteiger partial charge in [0.15, 0.2) is 5.82 Å². The zero-order chi connectivity index (χ0) is 33.3. The Morgan fingerprint density at radius 2 is 1.49 bits per heavy atom. The van der Waals surface area contributed by atoms with Gasteiger partial charge in [-0.05, 0) is 68.4 Å². The van der Waals surface area contributed by atoms with E-state index in [1.807, 2.05) is 0 Å². The number of carbonyl (C=O) groups is 3. The third kappa shape index (κ3) is 10.5. The number of imide groups is 1. The molecule has 0 spiro atoms. The van der Waals surface area contributed by atoms with Crippen molar-refractivity contribution in [2.75, 3.05) is 11.5 Å². The first-order valence-corrected chi connectivity index (χ1v) is 14.2. The van der Waals surface area contributed by atoms with Crippen molar-refractivity contribution in [2.24, 2.45) is 0 Å². The Labute approximate surface area is 245 Å². The molecule has 0 saturated carbocycles. The van der Waals surface area contributed by atoms with Gasteiger partial charge < -0.3 is 33.5 Å². The molecule has 3 atom stereocenters. The zero-order valence-corrected chi connectivity index (χ0v) is 25.9. The highest BCUT2D eigenvalue weighted by Gasteiger charge is 2.63. The van der Waals surface area contributed by atoms with E-state index >= 15 is 8.78 Å². The SMILES string of the molecule is CC(C)(C)OC(=O)O[C@@H]1[C@@H](COP(=O)(O)O)O[C@@H](n2ccc(N(C(=O)OC(C)(C)C)C(=O)OC(C)(C)C)nc2=O)C1(F)F. The van der Waals surface area contributed by atoms with Crippen LogP contribution in [0.3, 0.4) is 0 Å². The Morgan fingerprint density at radius 3 is 1.91 bits per heavy atom. The summed E-state index contributed by atoms with van der Waals surface area (Å²) in [6, 6.07) is 0.845. The molecule has 43 heavy (non-hydrogen) atoms. The van der Waals surface area contributed by atoms with Gasteiger partial charge in [0.1, 0.15) is 22.9 Å². The maximum absolute atomic E-state index is 15.6. The number of nitrogens with zero attached hydrogens (tertiary/aromatic N) is 3. The monoisotopic (exact) mass is 643 g/mol. The van der Waals surface area contributed by atoms with E-state index in [9.17, 15) is 23.7 Å². The number of phosphoric ester groups is 1. The van der Waals surface area contributed by atoms with Crippen LogP contribution in [0, 0.1) is 0 Å².